The number of carbonyl (C=O) groups excluding carboxylic acids is 1. The summed E-state index contributed by atoms with van der Waals surface area (Å²) in [6.07, 6.45) is 6.09. The summed E-state index contributed by atoms with van der Waals surface area (Å²) in [6.45, 7) is 8.03. The summed E-state index contributed by atoms with van der Waals surface area (Å²) in [5.74, 6) is 1.93. The largest absolute Gasteiger partial charge is 0.489 e. The zero-order valence-corrected chi connectivity index (χ0v) is 18.7. The van der Waals surface area contributed by atoms with E-state index >= 15 is 0 Å². The van der Waals surface area contributed by atoms with Gasteiger partial charge in [0.05, 0.1) is 22.8 Å². The van der Waals surface area contributed by atoms with Crippen LogP contribution >= 0.6 is 11.6 Å². The first kappa shape index (κ1) is 21.0. The second-order valence-corrected chi connectivity index (χ2v) is 9.76. The van der Waals surface area contributed by atoms with Crippen LogP contribution in [-0.2, 0) is 0 Å². The van der Waals surface area contributed by atoms with Crippen LogP contribution in [0.5, 0.6) is 5.75 Å². The van der Waals surface area contributed by atoms with E-state index in [9.17, 15) is 4.79 Å². The summed E-state index contributed by atoms with van der Waals surface area (Å²) in [4.78, 5) is 19.6. The highest BCUT2D eigenvalue weighted by molar-refractivity contribution is 6.33. The number of amides is 1. The standard InChI is InChI=1S/C24H30ClN3O2/c1-24(2,3)16-9-11-17(12-10-16)27-23(29)18-6-4-8-20-21(18)30-15-14-28(20)22-19(25)7-5-13-26-22/h4-8,13,16-17H,9-12,14-15H2,1-3H3,(H,27,29)/t16-,17-. The Hall–Kier alpha value is -2.27. The topological polar surface area (TPSA) is 54.5 Å². The number of nitrogens with one attached hydrogen (secondary N) is 1. The molecule has 30 heavy (non-hydrogen) atoms. The molecule has 1 N–H and O–H groups in total. The van der Waals surface area contributed by atoms with E-state index in [-0.39, 0.29) is 11.9 Å². The van der Waals surface area contributed by atoms with Crippen LogP contribution in [0.1, 0.15) is 56.8 Å². The molecule has 1 fully saturated rings. The second kappa shape index (κ2) is 8.46. The van der Waals surface area contributed by atoms with E-state index in [1.54, 1.807) is 6.20 Å². The number of hydrogen-bond acceptors (Lipinski definition) is 4. The molecule has 160 valence electrons. The number of aromatic nitrogens is 1. The summed E-state index contributed by atoms with van der Waals surface area (Å²) in [6, 6.07) is 9.53. The molecule has 1 aliphatic carbocycles. The summed E-state index contributed by atoms with van der Waals surface area (Å²) in [5.41, 5.74) is 1.73. The van der Waals surface area contributed by atoms with Crippen LogP contribution < -0.4 is 15.0 Å². The van der Waals surface area contributed by atoms with E-state index in [0.29, 0.717) is 40.7 Å². The third-order valence-corrected chi connectivity index (χ3v) is 6.67. The van der Waals surface area contributed by atoms with Crippen LogP contribution in [0.25, 0.3) is 0 Å². The van der Waals surface area contributed by atoms with Crippen molar-refractivity contribution >= 4 is 29.0 Å². The average Bonchev–Trinajstić information content (AvgIpc) is 2.73. The van der Waals surface area contributed by atoms with Gasteiger partial charge in [0.25, 0.3) is 5.91 Å². The fourth-order valence-corrected chi connectivity index (χ4v) is 4.81. The van der Waals surface area contributed by atoms with Crippen molar-refractivity contribution in [1.82, 2.24) is 10.3 Å². The van der Waals surface area contributed by atoms with Gasteiger partial charge in [-0.15, -0.1) is 0 Å². The molecule has 2 aromatic rings. The number of rotatable bonds is 3. The molecule has 5 nitrogen and oxygen atoms in total. The Bertz CT molecular complexity index is 917. The third kappa shape index (κ3) is 4.27. The molecule has 1 amide bonds. The molecule has 2 heterocycles. The Morgan fingerprint density at radius 2 is 1.93 bits per heavy atom. The SMILES string of the molecule is CC(C)(C)[C@H]1CC[C@H](NC(=O)c2cccc3c2OCCN3c2ncccc2Cl)CC1. The van der Waals surface area contributed by atoms with Crippen molar-refractivity contribution in [2.24, 2.45) is 11.3 Å². The van der Waals surface area contributed by atoms with Gasteiger partial charge in [0.1, 0.15) is 6.61 Å². The molecule has 0 saturated heterocycles. The number of halogens is 1. The van der Waals surface area contributed by atoms with Crippen molar-refractivity contribution < 1.29 is 9.53 Å². The summed E-state index contributed by atoms with van der Waals surface area (Å²) >= 11 is 6.37. The number of carbonyl (C=O) groups is 1. The highest BCUT2D eigenvalue weighted by atomic mass is 35.5. The van der Waals surface area contributed by atoms with Crippen molar-refractivity contribution in [1.29, 1.82) is 0 Å². The van der Waals surface area contributed by atoms with E-state index in [2.05, 4.69) is 31.1 Å². The molecule has 4 rings (SSSR count). The molecular weight excluding hydrogens is 398 g/mol. The minimum atomic E-state index is -0.0694. The molecule has 6 heteroatoms. The van der Waals surface area contributed by atoms with Crippen molar-refractivity contribution in [3.05, 3.63) is 47.1 Å². The van der Waals surface area contributed by atoms with E-state index in [1.807, 2.05) is 35.2 Å². The predicted molar refractivity (Wildman–Crippen MR) is 121 cm³/mol. The highest BCUT2D eigenvalue weighted by Crippen LogP contribution is 2.41. The molecule has 1 saturated carbocycles. The zero-order valence-electron chi connectivity index (χ0n) is 18.0. The van der Waals surface area contributed by atoms with E-state index in [4.69, 9.17) is 16.3 Å². The number of pyridine rings is 1. The fraction of sp³-hybridized carbons (Fsp3) is 0.500. The minimum Gasteiger partial charge on any atom is -0.489 e. The molecule has 0 radical (unpaired) electrons. The highest BCUT2D eigenvalue weighted by Gasteiger charge is 2.31. The third-order valence-electron chi connectivity index (χ3n) is 6.37. The van der Waals surface area contributed by atoms with Gasteiger partial charge >= 0.3 is 0 Å². The molecule has 1 aliphatic heterocycles. The summed E-state index contributed by atoms with van der Waals surface area (Å²) in [5, 5.41) is 3.82. The normalized spacial score (nSPS) is 21.5. The molecule has 1 aromatic carbocycles. The van der Waals surface area contributed by atoms with E-state index in [1.165, 1.54) is 0 Å². The Morgan fingerprint density at radius 3 is 2.63 bits per heavy atom. The lowest BCUT2D eigenvalue weighted by atomic mass is 9.71. The maximum atomic E-state index is 13.1. The number of anilines is 2. The van der Waals surface area contributed by atoms with Gasteiger partial charge in [-0.25, -0.2) is 4.98 Å². The maximum absolute atomic E-state index is 13.1. The lowest BCUT2D eigenvalue weighted by molar-refractivity contribution is 0.0900. The first-order valence-electron chi connectivity index (χ1n) is 10.8. The van der Waals surface area contributed by atoms with Crippen molar-refractivity contribution in [2.45, 2.75) is 52.5 Å². The molecule has 2 aliphatic rings. The fourth-order valence-electron chi connectivity index (χ4n) is 4.59. The van der Waals surface area contributed by atoms with Gasteiger partial charge in [0.15, 0.2) is 11.6 Å². The lowest BCUT2D eigenvalue weighted by Crippen LogP contribution is -2.40. The van der Waals surface area contributed by atoms with Gasteiger partial charge in [-0.05, 0) is 61.3 Å². The first-order valence-corrected chi connectivity index (χ1v) is 11.2. The summed E-state index contributed by atoms with van der Waals surface area (Å²) in [7, 11) is 0. The molecule has 0 unspecified atom stereocenters. The number of nitrogens with zero attached hydrogens (tertiary/aromatic N) is 2. The maximum Gasteiger partial charge on any atom is 0.255 e. The zero-order chi connectivity index (χ0) is 21.3. The van der Waals surface area contributed by atoms with Crippen LogP contribution in [0.4, 0.5) is 11.5 Å². The van der Waals surface area contributed by atoms with E-state index in [0.717, 1.165) is 37.3 Å². The molecule has 0 bridgehead atoms. The van der Waals surface area contributed by atoms with Gasteiger partial charge < -0.3 is 15.0 Å². The minimum absolute atomic E-state index is 0.0694. The Balaban J connectivity index is 1.52. The number of para-hydroxylation sites is 1. The average molecular weight is 428 g/mol. The quantitative estimate of drug-likeness (QED) is 0.692. The summed E-state index contributed by atoms with van der Waals surface area (Å²) < 4.78 is 5.94. The molecular formula is C24H30ClN3O2. The van der Waals surface area contributed by atoms with Crippen LogP contribution in [0, 0.1) is 11.3 Å². The number of fused-ring (bicyclic) bond motifs is 1. The molecule has 0 spiro atoms. The predicted octanol–water partition coefficient (Wildman–Crippen LogP) is 5.60. The van der Waals surface area contributed by atoms with Gasteiger partial charge in [-0.2, -0.15) is 0 Å². The number of benzene rings is 1. The Kier molecular flexibility index (Phi) is 5.92. The number of ether oxygens (including phenoxy) is 1. The van der Waals surface area contributed by atoms with Crippen LogP contribution in [-0.4, -0.2) is 30.1 Å². The van der Waals surface area contributed by atoms with Crippen LogP contribution in [0.15, 0.2) is 36.5 Å². The van der Waals surface area contributed by atoms with Gasteiger partial charge in [-0.3, -0.25) is 4.79 Å². The Morgan fingerprint density at radius 1 is 1.17 bits per heavy atom. The lowest BCUT2D eigenvalue weighted by Gasteiger charge is -2.37. The van der Waals surface area contributed by atoms with Crippen molar-refractivity contribution in [2.75, 3.05) is 18.1 Å². The van der Waals surface area contributed by atoms with Gasteiger partial charge in [-0.1, -0.05) is 38.4 Å². The molecule has 0 atom stereocenters. The van der Waals surface area contributed by atoms with Crippen LogP contribution in [0.2, 0.25) is 5.02 Å². The number of hydrogen-bond donors (Lipinski definition) is 1. The monoisotopic (exact) mass is 427 g/mol. The smallest absolute Gasteiger partial charge is 0.255 e. The molecule has 1 aromatic heterocycles. The van der Waals surface area contributed by atoms with E-state index < -0.39 is 0 Å². The van der Waals surface area contributed by atoms with Gasteiger partial charge in [0.2, 0.25) is 0 Å². The second-order valence-electron chi connectivity index (χ2n) is 9.35. The van der Waals surface area contributed by atoms with Crippen molar-refractivity contribution in [3.63, 3.8) is 0 Å². The Labute approximate surface area is 183 Å². The van der Waals surface area contributed by atoms with Crippen LogP contribution in [0.3, 0.4) is 0 Å². The van der Waals surface area contributed by atoms with Gasteiger partial charge in [0, 0.05) is 12.2 Å². The van der Waals surface area contributed by atoms with Crippen molar-refractivity contribution in [3.8, 4) is 5.75 Å². The first-order chi connectivity index (χ1) is 14.3.